The molecule has 1 aromatic rings. The summed E-state index contributed by atoms with van der Waals surface area (Å²) in [5.41, 5.74) is 2.00. The van der Waals surface area contributed by atoms with E-state index in [0.717, 1.165) is 34.2 Å². The molecule has 5 nitrogen and oxygen atoms in total. The number of amides is 2. The molecule has 0 aliphatic carbocycles. The molecule has 3 rings (SSSR count). The highest BCUT2D eigenvalue weighted by molar-refractivity contribution is 8.00. The lowest BCUT2D eigenvalue weighted by Crippen LogP contribution is -2.42. The van der Waals surface area contributed by atoms with Crippen molar-refractivity contribution < 1.29 is 9.59 Å². The smallest absolute Gasteiger partial charge is 0.238 e. The van der Waals surface area contributed by atoms with Gasteiger partial charge in [0, 0.05) is 23.1 Å². The number of carbonyl (C=O) groups excluding carboxylic acids is 2. The van der Waals surface area contributed by atoms with E-state index in [9.17, 15) is 9.59 Å². The van der Waals surface area contributed by atoms with Gasteiger partial charge in [-0.2, -0.15) is 0 Å². The second-order valence-electron chi connectivity index (χ2n) is 4.98. The van der Waals surface area contributed by atoms with Crippen molar-refractivity contribution in [2.45, 2.75) is 17.4 Å². The number of hydrogen-bond donors (Lipinski definition) is 3. The zero-order valence-electron chi connectivity index (χ0n) is 11.5. The first-order chi connectivity index (χ1) is 10.2. The van der Waals surface area contributed by atoms with Crippen LogP contribution in [0.5, 0.6) is 0 Å². The number of nitrogens with one attached hydrogen (secondary N) is 3. The second kappa shape index (κ2) is 6.72. The quantitative estimate of drug-likeness (QED) is 0.773. The van der Waals surface area contributed by atoms with E-state index in [2.05, 4.69) is 22.0 Å². The largest absolute Gasteiger partial charge is 0.354 e. The lowest BCUT2D eigenvalue weighted by Gasteiger charge is -2.17. The zero-order chi connectivity index (χ0) is 14.7. The van der Waals surface area contributed by atoms with Crippen molar-refractivity contribution in [1.82, 2.24) is 10.6 Å². The van der Waals surface area contributed by atoms with Crippen LogP contribution in [0.3, 0.4) is 0 Å². The van der Waals surface area contributed by atoms with Gasteiger partial charge in [-0.15, -0.1) is 23.5 Å². The summed E-state index contributed by atoms with van der Waals surface area (Å²) in [5, 5.41) is 8.99. The second-order valence-corrected chi connectivity index (χ2v) is 7.03. The minimum Gasteiger partial charge on any atom is -0.354 e. The molecule has 1 unspecified atom stereocenters. The predicted octanol–water partition coefficient (Wildman–Crippen LogP) is 1.05. The molecule has 7 heteroatoms. The Hall–Kier alpha value is -1.18. The van der Waals surface area contributed by atoms with E-state index in [1.54, 1.807) is 23.5 Å². The highest BCUT2D eigenvalue weighted by atomic mass is 32.2. The molecule has 0 spiro atoms. The average molecular weight is 323 g/mol. The Balaban J connectivity index is 1.52. The molecule has 1 saturated heterocycles. The molecule has 2 amide bonds. The summed E-state index contributed by atoms with van der Waals surface area (Å²) in [7, 11) is 0. The Morgan fingerprint density at radius 1 is 1.43 bits per heavy atom. The van der Waals surface area contributed by atoms with Crippen molar-refractivity contribution in [1.29, 1.82) is 0 Å². The van der Waals surface area contributed by atoms with Crippen molar-refractivity contribution in [2.75, 3.05) is 29.2 Å². The van der Waals surface area contributed by atoms with Gasteiger partial charge in [0.2, 0.25) is 11.8 Å². The fourth-order valence-corrected chi connectivity index (χ4v) is 4.03. The SMILES string of the molecule is O=C1CSc2ccc(CCNC(=O)C3CSCN3)cc2N1. The van der Waals surface area contributed by atoms with Gasteiger partial charge in [0.1, 0.15) is 0 Å². The third-order valence-electron chi connectivity index (χ3n) is 3.42. The molecule has 3 N–H and O–H groups in total. The van der Waals surface area contributed by atoms with E-state index < -0.39 is 0 Å². The number of rotatable bonds is 4. The number of fused-ring (bicyclic) bond motifs is 1. The van der Waals surface area contributed by atoms with Gasteiger partial charge >= 0.3 is 0 Å². The normalized spacial score (nSPS) is 20.8. The van der Waals surface area contributed by atoms with Crippen LogP contribution in [0.25, 0.3) is 0 Å². The summed E-state index contributed by atoms with van der Waals surface area (Å²) in [5.74, 6) is 2.29. The predicted molar refractivity (Wildman–Crippen MR) is 86.8 cm³/mol. The molecule has 112 valence electrons. The number of anilines is 1. The first-order valence-corrected chi connectivity index (χ1v) is 9.01. The highest BCUT2D eigenvalue weighted by Crippen LogP contribution is 2.31. The van der Waals surface area contributed by atoms with Gasteiger partial charge in [0.25, 0.3) is 0 Å². The zero-order valence-corrected chi connectivity index (χ0v) is 13.1. The Labute approximate surface area is 132 Å². The van der Waals surface area contributed by atoms with Crippen LogP contribution in [0.15, 0.2) is 23.1 Å². The standard InChI is InChI=1S/C14H17N3O2S2/c18-13-7-21-12-2-1-9(5-10(12)17-13)3-4-15-14(19)11-6-20-8-16-11/h1-2,5,11,16H,3-4,6-8H2,(H,15,19)(H,17,18). The molecule has 0 bridgehead atoms. The van der Waals surface area contributed by atoms with Gasteiger partial charge < -0.3 is 10.6 Å². The molecule has 21 heavy (non-hydrogen) atoms. The molecule has 0 saturated carbocycles. The third-order valence-corrected chi connectivity index (χ3v) is 5.44. The molecular formula is C14H17N3O2S2. The summed E-state index contributed by atoms with van der Waals surface area (Å²) in [6.07, 6.45) is 0.763. The molecule has 1 fully saturated rings. The minimum atomic E-state index is -0.0609. The van der Waals surface area contributed by atoms with Crippen molar-refractivity contribution in [2.24, 2.45) is 0 Å². The number of carbonyl (C=O) groups is 2. The van der Waals surface area contributed by atoms with Gasteiger partial charge in [0.15, 0.2) is 0 Å². The molecule has 0 radical (unpaired) electrons. The maximum absolute atomic E-state index is 11.9. The van der Waals surface area contributed by atoms with E-state index in [-0.39, 0.29) is 17.9 Å². The van der Waals surface area contributed by atoms with E-state index >= 15 is 0 Å². The van der Waals surface area contributed by atoms with Crippen LogP contribution >= 0.6 is 23.5 Å². The average Bonchev–Trinajstić information content (AvgIpc) is 3.01. The molecule has 1 atom stereocenters. The van der Waals surface area contributed by atoms with Crippen molar-refractivity contribution in [3.63, 3.8) is 0 Å². The van der Waals surface area contributed by atoms with Crippen LogP contribution in [0.4, 0.5) is 5.69 Å². The number of benzene rings is 1. The Kier molecular flexibility index (Phi) is 4.72. The van der Waals surface area contributed by atoms with Crippen LogP contribution in [-0.4, -0.2) is 41.8 Å². The fraction of sp³-hybridized carbons (Fsp3) is 0.429. The number of thioether (sulfide) groups is 2. The van der Waals surface area contributed by atoms with Gasteiger partial charge in [-0.1, -0.05) is 6.07 Å². The summed E-state index contributed by atoms with van der Waals surface area (Å²) < 4.78 is 0. The summed E-state index contributed by atoms with van der Waals surface area (Å²) in [6, 6.07) is 6.02. The van der Waals surface area contributed by atoms with E-state index in [1.807, 2.05) is 12.1 Å². The molecule has 0 aromatic heterocycles. The fourth-order valence-electron chi connectivity index (χ4n) is 2.30. The minimum absolute atomic E-state index is 0.0442. The van der Waals surface area contributed by atoms with Crippen molar-refractivity contribution in [3.8, 4) is 0 Å². The Morgan fingerprint density at radius 2 is 2.33 bits per heavy atom. The Morgan fingerprint density at radius 3 is 3.14 bits per heavy atom. The molecule has 2 aliphatic rings. The lowest BCUT2D eigenvalue weighted by molar-refractivity contribution is -0.122. The van der Waals surface area contributed by atoms with E-state index in [1.165, 1.54) is 0 Å². The highest BCUT2D eigenvalue weighted by Gasteiger charge is 2.21. The maximum atomic E-state index is 11.9. The van der Waals surface area contributed by atoms with Gasteiger partial charge in [-0.05, 0) is 24.1 Å². The molecular weight excluding hydrogens is 306 g/mol. The van der Waals surface area contributed by atoms with Crippen LogP contribution in [0.2, 0.25) is 0 Å². The van der Waals surface area contributed by atoms with Gasteiger partial charge in [0.05, 0.1) is 17.5 Å². The van der Waals surface area contributed by atoms with E-state index in [4.69, 9.17) is 0 Å². The van der Waals surface area contributed by atoms with Crippen LogP contribution < -0.4 is 16.0 Å². The third kappa shape index (κ3) is 3.72. The first-order valence-electron chi connectivity index (χ1n) is 6.87. The summed E-state index contributed by atoms with van der Waals surface area (Å²) >= 11 is 3.30. The van der Waals surface area contributed by atoms with Crippen molar-refractivity contribution in [3.05, 3.63) is 23.8 Å². The lowest BCUT2D eigenvalue weighted by atomic mass is 10.1. The molecule has 1 aromatic carbocycles. The topological polar surface area (TPSA) is 70.2 Å². The monoisotopic (exact) mass is 323 g/mol. The maximum Gasteiger partial charge on any atom is 0.238 e. The Bertz CT molecular complexity index is 559. The van der Waals surface area contributed by atoms with Crippen LogP contribution in [-0.2, 0) is 16.0 Å². The van der Waals surface area contributed by atoms with E-state index in [0.29, 0.717) is 12.3 Å². The van der Waals surface area contributed by atoms with Crippen LogP contribution in [0.1, 0.15) is 5.56 Å². The van der Waals surface area contributed by atoms with Crippen molar-refractivity contribution >= 4 is 41.0 Å². The molecule has 2 heterocycles. The summed E-state index contributed by atoms with van der Waals surface area (Å²) in [4.78, 5) is 24.4. The van der Waals surface area contributed by atoms with Gasteiger partial charge in [-0.3, -0.25) is 14.9 Å². The first kappa shape index (κ1) is 14.7. The molecule has 2 aliphatic heterocycles. The summed E-state index contributed by atoms with van der Waals surface area (Å²) in [6.45, 7) is 0.613. The van der Waals surface area contributed by atoms with Crippen LogP contribution in [0, 0.1) is 0 Å². The number of hydrogen-bond acceptors (Lipinski definition) is 5. The van der Waals surface area contributed by atoms with Gasteiger partial charge in [-0.25, -0.2) is 0 Å².